The third-order valence-corrected chi connectivity index (χ3v) is 2.66. The molecular weight excluding hydrogens is 178 g/mol. The molecule has 0 spiro atoms. The lowest BCUT2D eigenvalue weighted by atomic mass is 10.1. The lowest BCUT2D eigenvalue weighted by Gasteiger charge is -2.24. The number of ether oxygens (including phenoxy) is 1. The molecule has 0 aromatic carbocycles. The van der Waals surface area contributed by atoms with Crippen molar-refractivity contribution in [2.24, 2.45) is 0 Å². The maximum Gasteiger partial charge on any atom is 0.215 e. The van der Waals surface area contributed by atoms with E-state index in [1.807, 2.05) is 17.9 Å². The molecule has 0 amide bonds. The molecule has 78 valence electrons. The summed E-state index contributed by atoms with van der Waals surface area (Å²) in [6.07, 6.45) is 1.91. The van der Waals surface area contributed by atoms with Crippen molar-refractivity contribution in [1.82, 2.24) is 15.1 Å². The molecule has 1 unspecified atom stereocenters. The lowest BCUT2D eigenvalue weighted by molar-refractivity contribution is 0.187. The van der Waals surface area contributed by atoms with Crippen LogP contribution in [0.5, 0.6) is 5.88 Å². The summed E-state index contributed by atoms with van der Waals surface area (Å²) in [6, 6.07) is 0.377. The van der Waals surface area contributed by atoms with Crippen molar-refractivity contribution >= 4 is 0 Å². The Bertz CT molecular complexity index is 319. The predicted octanol–water partition coefficient (Wildman–Crippen LogP) is 0.987. The van der Waals surface area contributed by atoms with Gasteiger partial charge >= 0.3 is 0 Å². The van der Waals surface area contributed by atoms with Crippen molar-refractivity contribution in [3.05, 3.63) is 11.8 Å². The first-order valence-corrected chi connectivity index (χ1v) is 5.08. The number of fused-ring (bicyclic) bond motifs is 1. The molecule has 0 saturated heterocycles. The zero-order valence-electron chi connectivity index (χ0n) is 8.95. The Hall–Kier alpha value is -1.03. The van der Waals surface area contributed by atoms with Crippen molar-refractivity contribution in [3.8, 4) is 5.88 Å². The van der Waals surface area contributed by atoms with Crippen LogP contribution < -0.4 is 10.1 Å². The maximum atomic E-state index is 5.70. The Kier molecular flexibility index (Phi) is 2.46. The lowest BCUT2D eigenvalue weighted by Crippen LogP contribution is -2.40. The number of hydrogen-bond donors (Lipinski definition) is 1. The molecule has 1 aliphatic heterocycles. The van der Waals surface area contributed by atoms with Crippen molar-refractivity contribution < 1.29 is 4.74 Å². The van der Waals surface area contributed by atoms with E-state index in [0.717, 1.165) is 19.0 Å². The van der Waals surface area contributed by atoms with Crippen LogP contribution in [0.3, 0.4) is 0 Å². The monoisotopic (exact) mass is 195 g/mol. The second-order valence-electron chi connectivity index (χ2n) is 4.04. The van der Waals surface area contributed by atoms with Crippen LogP contribution >= 0.6 is 0 Å². The fourth-order valence-corrected chi connectivity index (χ4v) is 1.69. The summed E-state index contributed by atoms with van der Waals surface area (Å²) in [6.45, 7) is 5.96. The molecule has 14 heavy (non-hydrogen) atoms. The fourth-order valence-electron chi connectivity index (χ4n) is 1.69. The van der Waals surface area contributed by atoms with Crippen LogP contribution in [0.25, 0.3) is 0 Å². The van der Waals surface area contributed by atoms with E-state index in [2.05, 4.69) is 24.3 Å². The molecule has 2 rings (SSSR count). The summed E-state index contributed by atoms with van der Waals surface area (Å²) >= 11 is 0. The van der Waals surface area contributed by atoms with Gasteiger partial charge in [0.05, 0.1) is 18.8 Å². The van der Waals surface area contributed by atoms with Crippen LogP contribution in [0.15, 0.2) is 6.20 Å². The highest BCUT2D eigenvalue weighted by atomic mass is 16.5. The van der Waals surface area contributed by atoms with E-state index in [9.17, 15) is 0 Å². The van der Waals surface area contributed by atoms with Gasteiger partial charge in [0.15, 0.2) is 0 Å². The summed E-state index contributed by atoms with van der Waals surface area (Å²) < 4.78 is 7.64. The molecule has 0 fully saturated rings. The van der Waals surface area contributed by atoms with Crippen molar-refractivity contribution in [2.45, 2.75) is 32.4 Å². The van der Waals surface area contributed by atoms with Gasteiger partial charge in [-0.15, -0.1) is 0 Å². The van der Waals surface area contributed by atoms with Gasteiger partial charge < -0.3 is 10.1 Å². The second kappa shape index (κ2) is 3.61. The van der Waals surface area contributed by atoms with Crippen molar-refractivity contribution in [1.29, 1.82) is 0 Å². The third-order valence-electron chi connectivity index (χ3n) is 2.66. The quantitative estimate of drug-likeness (QED) is 0.764. The van der Waals surface area contributed by atoms with Gasteiger partial charge in [-0.05, 0) is 13.0 Å². The van der Waals surface area contributed by atoms with Crippen molar-refractivity contribution in [2.75, 3.05) is 13.7 Å². The first-order chi connectivity index (χ1) is 6.72. The van der Waals surface area contributed by atoms with Crippen molar-refractivity contribution in [3.63, 3.8) is 0 Å². The highest BCUT2D eigenvalue weighted by molar-refractivity contribution is 5.28. The van der Waals surface area contributed by atoms with Gasteiger partial charge in [0.25, 0.3) is 0 Å². The number of rotatable bonds is 2. The molecular formula is C10H17N3O. The maximum absolute atomic E-state index is 5.70. The first-order valence-electron chi connectivity index (χ1n) is 5.08. The Morgan fingerprint density at radius 2 is 2.43 bits per heavy atom. The van der Waals surface area contributed by atoms with Gasteiger partial charge in [-0.2, -0.15) is 5.10 Å². The Morgan fingerprint density at radius 3 is 3.07 bits per heavy atom. The molecule has 0 saturated carbocycles. The van der Waals surface area contributed by atoms with E-state index < -0.39 is 0 Å². The highest BCUT2D eigenvalue weighted by Crippen LogP contribution is 2.28. The summed E-state index contributed by atoms with van der Waals surface area (Å²) in [5, 5.41) is 7.53. The number of hydrogen-bond acceptors (Lipinski definition) is 3. The minimum Gasteiger partial charge on any atom is -0.476 e. The molecule has 4 nitrogen and oxygen atoms in total. The second-order valence-corrected chi connectivity index (χ2v) is 4.04. The number of nitrogens with one attached hydrogen (secondary N) is 1. The van der Waals surface area contributed by atoms with E-state index in [-0.39, 0.29) is 0 Å². The van der Waals surface area contributed by atoms with E-state index in [0.29, 0.717) is 12.0 Å². The molecule has 1 atom stereocenters. The predicted molar refractivity (Wildman–Crippen MR) is 54.7 cm³/mol. The Morgan fingerprint density at radius 1 is 1.64 bits per heavy atom. The van der Waals surface area contributed by atoms with Crippen LogP contribution in [0.1, 0.15) is 25.3 Å². The summed E-state index contributed by atoms with van der Waals surface area (Å²) in [4.78, 5) is 0. The highest BCUT2D eigenvalue weighted by Gasteiger charge is 2.22. The number of nitrogens with zero attached hydrogens (tertiary/aromatic N) is 2. The van der Waals surface area contributed by atoms with Crippen LogP contribution in [-0.2, 0) is 6.54 Å². The van der Waals surface area contributed by atoms with E-state index in [1.165, 1.54) is 5.56 Å². The van der Waals surface area contributed by atoms with Gasteiger partial charge in [0.1, 0.15) is 6.61 Å². The van der Waals surface area contributed by atoms with Crippen LogP contribution in [0.2, 0.25) is 0 Å². The molecule has 0 radical (unpaired) electrons. The SMILES string of the molecule is CNC1COc2c(C(C)C)cnn2C1. The van der Waals surface area contributed by atoms with E-state index in [1.54, 1.807) is 0 Å². The Balaban J connectivity index is 2.25. The summed E-state index contributed by atoms with van der Waals surface area (Å²) in [5.41, 5.74) is 1.21. The summed E-state index contributed by atoms with van der Waals surface area (Å²) in [7, 11) is 1.95. The molecule has 4 heteroatoms. The van der Waals surface area contributed by atoms with Crippen LogP contribution in [0.4, 0.5) is 0 Å². The zero-order valence-corrected chi connectivity index (χ0v) is 8.95. The van der Waals surface area contributed by atoms with E-state index in [4.69, 9.17) is 4.74 Å². The Labute approximate surface area is 84.3 Å². The fraction of sp³-hybridized carbons (Fsp3) is 0.700. The topological polar surface area (TPSA) is 39.1 Å². The average molecular weight is 195 g/mol. The third kappa shape index (κ3) is 1.50. The largest absolute Gasteiger partial charge is 0.476 e. The van der Waals surface area contributed by atoms with Gasteiger partial charge in [-0.3, -0.25) is 0 Å². The average Bonchev–Trinajstić information content (AvgIpc) is 2.59. The van der Waals surface area contributed by atoms with Crippen LogP contribution in [0, 0.1) is 0 Å². The molecule has 1 aliphatic rings. The minimum atomic E-state index is 0.377. The smallest absolute Gasteiger partial charge is 0.215 e. The molecule has 2 heterocycles. The van der Waals surface area contributed by atoms with Gasteiger partial charge in [0.2, 0.25) is 5.88 Å². The standard InChI is InChI=1S/C10H17N3O/c1-7(2)9-4-12-13-5-8(11-3)6-14-10(9)13/h4,7-8,11H,5-6H2,1-3H3. The van der Waals surface area contributed by atoms with E-state index >= 15 is 0 Å². The van der Waals surface area contributed by atoms with Crippen LogP contribution in [-0.4, -0.2) is 29.5 Å². The molecule has 1 aromatic heterocycles. The van der Waals surface area contributed by atoms with Gasteiger partial charge in [-0.1, -0.05) is 13.8 Å². The number of likely N-dealkylation sites (N-methyl/N-ethyl adjacent to an activating group) is 1. The van der Waals surface area contributed by atoms with Gasteiger partial charge in [-0.25, -0.2) is 4.68 Å². The number of aromatic nitrogens is 2. The first kappa shape index (κ1) is 9.52. The zero-order chi connectivity index (χ0) is 10.1. The normalized spacial score (nSPS) is 20.7. The van der Waals surface area contributed by atoms with Gasteiger partial charge in [0, 0.05) is 5.56 Å². The molecule has 0 bridgehead atoms. The molecule has 1 N–H and O–H groups in total. The molecule has 0 aliphatic carbocycles. The summed E-state index contributed by atoms with van der Waals surface area (Å²) in [5.74, 6) is 1.43. The molecule has 1 aromatic rings. The minimum absolute atomic E-state index is 0.377.